The van der Waals surface area contributed by atoms with Crippen molar-refractivity contribution in [3.05, 3.63) is 36.5 Å². The highest BCUT2D eigenvalue weighted by atomic mass is 16.5. The molecule has 0 radical (unpaired) electrons. The summed E-state index contributed by atoms with van der Waals surface area (Å²) in [5.41, 5.74) is 0.855. The second-order valence-electron chi connectivity index (χ2n) is 7.47. The van der Waals surface area contributed by atoms with Crippen LogP contribution in [0.3, 0.4) is 0 Å². The quantitative estimate of drug-likeness (QED) is 0.809. The van der Waals surface area contributed by atoms with Crippen LogP contribution in [-0.4, -0.2) is 60.2 Å². The summed E-state index contributed by atoms with van der Waals surface area (Å²) in [5, 5.41) is 6.46. The Morgan fingerprint density at radius 3 is 2.62 bits per heavy atom. The fourth-order valence-corrected chi connectivity index (χ4v) is 3.90. The van der Waals surface area contributed by atoms with Crippen LogP contribution < -0.4 is 20.3 Å². The summed E-state index contributed by atoms with van der Waals surface area (Å²) >= 11 is 0. The van der Waals surface area contributed by atoms with Gasteiger partial charge in [-0.3, -0.25) is 0 Å². The molecule has 1 saturated carbocycles. The molecule has 1 aromatic carbocycles. The third-order valence-corrected chi connectivity index (χ3v) is 5.55. The third-order valence-electron chi connectivity index (χ3n) is 5.55. The number of methoxy groups -OCH3 is 1. The summed E-state index contributed by atoms with van der Waals surface area (Å²) in [6, 6.07) is 9.97. The molecule has 0 bridgehead atoms. The lowest BCUT2D eigenvalue weighted by Crippen LogP contribution is -2.53. The maximum Gasteiger partial charge on any atom is 0.317 e. The highest BCUT2D eigenvalue weighted by molar-refractivity contribution is 5.75. The number of nitrogens with one attached hydrogen (secondary N) is 2. The van der Waals surface area contributed by atoms with Crippen molar-refractivity contribution in [2.45, 2.75) is 31.7 Å². The van der Waals surface area contributed by atoms with Gasteiger partial charge in [-0.2, -0.15) is 4.98 Å². The maximum atomic E-state index is 12.5. The van der Waals surface area contributed by atoms with Crippen molar-refractivity contribution in [3.63, 3.8) is 0 Å². The average molecular weight is 396 g/mol. The van der Waals surface area contributed by atoms with E-state index in [-0.39, 0.29) is 6.03 Å². The predicted molar refractivity (Wildman–Crippen MR) is 113 cm³/mol. The molecule has 1 aliphatic heterocycles. The first-order chi connectivity index (χ1) is 14.2. The van der Waals surface area contributed by atoms with Crippen molar-refractivity contribution in [2.75, 3.05) is 43.5 Å². The molecule has 0 atom stereocenters. The third kappa shape index (κ3) is 4.70. The topological polar surface area (TPSA) is 82.6 Å². The van der Waals surface area contributed by atoms with Crippen LogP contribution in [0, 0.1) is 0 Å². The van der Waals surface area contributed by atoms with Crippen LogP contribution in [0.25, 0.3) is 0 Å². The number of nitrogens with zero attached hydrogens (tertiary/aromatic N) is 4. The minimum absolute atomic E-state index is 0.0593. The molecule has 2 N–H and O–H groups in total. The van der Waals surface area contributed by atoms with Crippen LogP contribution in [0.5, 0.6) is 5.75 Å². The van der Waals surface area contributed by atoms with E-state index in [1.165, 1.54) is 12.8 Å². The van der Waals surface area contributed by atoms with Crippen molar-refractivity contribution in [1.29, 1.82) is 0 Å². The molecule has 2 aliphatic rings. The first kappa shape index (κ1) is 19.3. The SMILES string of the molecule is COc1ccccc1Nc1ccnc(N2CCN(C(=O)NC3CCCC3)CC2)n1. The van der Waals surface area contributed by atoms with Crippen LogP contribution in [0.1, 0.15) is 25.7 Å². The lowest BCUT2D eigenvalue weighted by molar-refractivity contribution is 0.190. The molecule has 8 nitrogen and oxygen atoms in total. The number of anilines is 3. The van der Waals surface area contributed by atoms with Crippen molar-refractivity contribution >= 4 is 23.5 Å². The highest BCUT2D eigenvalue weighted by Crippen LogP contribution is 2.26. The Balaban J connectivity index is 1.35. The Morgan fingerprint density at radius 1 is 1.10 bits per heavy atom. The number of carbonyl (C=O) groups excluding carboxylic acids is 1. The predicted octanol–water partition coefficient (Wildman–Crippen LogP) is 3.00. The van der Waals surface area contributed by atoms with E-state index in [0.29, 0.717) is 30.9 Å². The van der Waals surface area contributed by atoms with Crippen molar-refractivity contribution < 1.29 is 9.53 Å². The lowest BCUT2D eigenvalue weighted by atomic mass is 10.2. The summed E-state index contributed by atoms with van der Waals surface area (Å²) in [4.78, 5) is 25.5. The van der Waals surface area contributed by atoms with E-state index in [4.69, 9.17) is 4.74 Å². The van der Waals surface area contributed by atoms with Crippen molar-refractivity contribution in [2.24, 2.45) is 0 Å². The summed E-state index contributed by atoms with van der Waals surface area (Å²) in [6.45, 7) is 2.78. The number of aromatic nitrogens is 2. The first-order valence-corrected chi connectivity index (χ1v) is 10.3. The summed E-state index contributed by atoms with van der Waals surface area (Å²) in [6.07, 6.45) is 6.39. The van der Waals surface area contributed by atoms with Gasteiger partial charge in [0.25, 0.3) is 0 Å². The Kier molecular flexibility index (Phi) is 5.97. The summed E-state index contributed by atoms with van der Waals surface area (Å²) in [5.74, 6) is 2.14. The van der Waals surface area contributed by atoms with Gasteiger partial charge in [0.05, 0.1) is 12.8 Å². The summed E-state index contributed by atoms with van der Waals surface area (Å²) < 4.78 is 5.39. The molecule has 2 aromatic rings. The normalized spacial score (nSPS) is 17.3. The van der Waals surface area contributed by atoms with E-state index in [1.54, 1.807) is 13.3 Å². The lowest BCUT2D eigenvalue weighted by Gasteiger charge is -2.35. The number of para-hydroxylation sites is 2. The second kappa shape index (κ2) is 8.98. The molecular weight excluding hydrogens is 368 g/mol. The number of rotatable bonds is 5. The largest absolute Gasteiger partial charge is 0.495 e. The van der Waals surface area contributed by atoms with Gasteiger partial charge in [0.1, 0.15) is 11.6 Å². The Hall–Kier alpha value is -3.03. The first-order valence-electron chi connectivity index (χ1n) is 10.3. The molecule has 2 fully saturated rings. The van der Waals surface area contributed by atoms with Crippen LogP contribution in [0.2, 0.25) is 0 Å². The Labute approximate surface area is 171 Å². The molecule has 8 heteroatoms. The number of urea groups is 1. The molecule has 2 heterocycles. The average Bonchev–Trinajstić information content (AvgIpc) is 3.27. The molecule has 29 heavy (non-hydrogen) atoms. The molecule has 0 unspecified atom stereocenters. The number of ether oxygens (including phenoxy) is 1. The smallest absolute Gasteiger partial charge is 0.317 e. The van der Waals surface area contributed by atoms with Gasteiger partial charge in [0.15, 0.2) is 0 Å². The monoisotopic (exact) mass is 396 g/mol. The maximum absolute atomic E-state index is 12.5. The van der Waals surface area contributed by atoms with E-state index in [0.717, 1.165) is 37.4 Å². The minimum atomic E-state index is 0.0593. The number of hydrogen-bond acceptors (Lipinski definition) is 6. The molecular formula is C21H28N6O2. The van der Waals surface area contributed by atoms with Gasteiger partial charge in [-0.25, -0.2) is 9.78 Å². The number of amides is 2. The number of benzene rings is 1. The second-order valence-corrected chi connectivity index (χ2v) is 7.47. The van der Waals surface area contributed by atoms with Crippen LogP contribution in [0.4, 0.5) is 22.2 Å². The van der Waals surface area contributed by atoms with Gasteiger partial charge in [-0.1, -0.05) is 25.0 Å². The van der Waals surface area contributed by atoms with Gasteiger partial charge in [0, 0.05) is 38.4 Å². The molecule has 1 saturated heterocycles. The van der Waals surface area contributed by atoms with Crippen molar-refractivity contribution in [1.82, 2.24) is 20.2 Å². The van der Waals surface area contributed by atoms with E-state index >= 15 is 0 Å². The van der Waals surface area contributed by atoms with Gasteiger partial charge < -0.3 is 25.2 Å². The minimum Gasteiger partial charge on any atom is -0.495 e. The standard InChI is InChI=1S/C21H28N6O2/c1-29-18-9-5-4-8-17(18)24-19-10-11-22-20(25-19)26-12-14-27(15-13-26)21(28)23-16-6-2-3-7-16/h4-5,8-11,16H,2-3,6-7,12-15H2,1H3,(H,23,28)(H,22,24,25). The van der Waals surface area contributed by atoms with E-state index < -0.39 is 0 Å². The van der Waals surface area contributed by atoms with E-state index in [1.807, 2.05) is 35.2 Å². The molecule has 0 spiro atoms. The van der Waals surface area contributed by atoms with Crippen LogP contribution in [0.15, 0.2) is 36.5 Å². The van der Waals surface area contributed by atoms with E-state index in [2.05, 4.69) is 25.5 Å². The number of piperazine rings is 1. The molecule has 1 aliphatic carbocycles. The van der Waals surface area contributed by atoms with Gasteiger partial charge in [-0.05, 0) is 31.0 Å². The molecule has 1 aromatic heterocycles. The van der Waals surface area contributed by atoms with Crippen molar-refractivity contribution in [3.8, 4) is 5.75 Å². The zero-order valence-electron chi connectivity index (χ0n) is 16.8. The van der Waals surface area contributed by atoms with Gasteiger partial charge >= 0.3 is 6.03 Å². The summed E-state index contributed by atoms with van der Waals surface area (Å²) in [7, 11) is 1.65. The fourth-order valence-electron chi connectivity index (χ4n) is 3.90. The Morgan fingerprint density at radius 2 is 1.86 bits per heavy atom. The zero-order valence-corrected chi connectivity index (χ0v) is 16.8. The van der Waals surface area contributed by atoms with Crippen LogP contribution in [-0.2, 0) is 0 Å². The van der Waals surface area contributed by atoms with Gasteiger partial charge in [0.2, 0.25) is 5.95 Å². The Bertz CT molecular complexity index is 831. The highest BCUT2D eigenvalue weighted by Gasteiger charge is 2.25. The molecule has 4 rings (SSSR count). The molecule has 2 amide bonds. The number of carbonyl (C=O) groups is 1. The number of hydrogen-bond donors (Lipinski definition) is 2. The zero-order chi connectivity index (χ0) is 20.1. The molecule has 154 valence electrons. The van der Waals surface area contributed by atoms with Gasteiger partial charge in [-0.15, -0.1) is 0 Å². The van der Waals surface area contributed by atoms with Crippen LogP contribution >= 0.6 is 0 Å². The fraction of sp³-hybridized carbons (Fsp3) is 0.476. The van der Waals surface area contributed by atoms with E-state index in [9.17, 15) is 4.79 Å².